The minimum absolute atomic E-state index is 0.161. The smallest absolute Gasteiger partial charge is 0.275 e. The second-order valence-electron chi connectivity index (χ2n) is 5.10. The van der Waals surface area contributed by atoms with Gasteiger partial charge in [-0.2, -0.15) is 0 Å². The lowest BCUT2D eigenvalue weighted by Gasteiger charge is -2.27. The molecule has 0 unspecified atom stereocenters. The van der Waals surface area contributed by atoms with Gasteiger partial charge < -0.3 is 15.3 Å². The molecule has 1 aromatic rings. The summed E-state index contributed by atoms with van der Waals surface area (Å²) in [7, 11) is 3.38. The van der Waals surface area contributed by atoms with Crippen molar-refractivity contribution in [3.05, 3.63) is 18.1 Å². The molecule has 0 spiro atoms. The highest BCUT2D eigenvalue weighted by atomic mass is 16.3. The third-order valence-corrected chi connectivity index (χ3v) is 3.34. The molecule has 0 atom stereocenters. The van der Waals surface area contributed by atoms with E-state index in [0.29, 0.717) is 11.5 Å². The predicted molar refractivity (Wildman–Crippen MR) is 71.9 cm³/mol. The topological polar surface area (TPSA) is 78.4 Å². The van der Waals surface area contributed by atoms with Gasteiger partial charge in [-0.05, 0) is 25.7 Å². The summed E-state index contributed by atoms with van der Waals surface area (Å²) in [6.07, 6.45) is 6.24. The van der Waals surface area contributed by atoms with Crippen LogP contribution in [0.15, 0.2) is 12.4 Å². The second kappa shape index (κ2) is 5.97. The number of carbonyl (C=O) groups is 1. The highest BCUT2D eigenvalue weighted by Crippen LogP contribution is 2.22. The van der Waals surface area contributed by atoms with Crippen LogP contribution in [0.1, 0.15) is 36.2 Å². The Labute approximate surface area is 112 Å². The van der Waals surface area contributed by atoms with Gasteiger partial charge in [0.25, 0.3) is 5.91 Å². The summed E-state index contributed by atoms with van der Waals surface area (Å²) in [6, 6.07) is 0.244. The molecule has 0 aromatic carbocycles. The molecule has 0 radical (unpaired) electrons. The highest BCUT2D eigenvalue weighted by Gasteiger charge is 2.22. The van der Waals surface area contributed by atoms with Crippen molar-refractivity contribution in [3.8, 4) is 0 Å². The van der Waals surface area contributed by atoms with Crippen LogP contribution in [-0.2, 0) is 0 Å². The number of nitrogens with zero attached hydrogens (tertiary/aromatic N) is 3. The summed E-state index contributed by atoms with van der Waals surface area (Å²) in [4.78, 5) is 21.8. The quantitative estimate of drug-likeness (QED) is 0.848. The van der Waals surface area contributed by atoms with Gasteiger partial charge in [-0.15, -0.1) is 0 Å². The zero-order valence-electron chi connectivity index (χ0n) is 11.3. The largest absolute Gasteiger partial charge is 0.393 e. The van der Waals surface area contributed by atoms with Crippen LogP contribution in [0.4, 0.5) is 5.82 Å². The minimum atomic E-state index is -0.192. The van der Waals surface area contributed by atoms with Crippen LogP contribution in [-0.4, -0.2) is 52.1 Å². The van der Waals surface area contributed by atoms with E-state index >= 15 is 0 Å². The molecule has 2 N–H and O–H groups in total. The fourth-order valence-corrected chi connectivity index (χ4v) is 2.23. The summed E-state index contributed by atoms with van der Waals surface area (Å²) in [5.41, 5.74) is 0.346. The fraction of sp³-hybridized carbons (Fsp3) is 0.615. The van der Waals surface area contributed by atoms with E-state index in [-0.39, 0.29) is 18.1 Å². The van der Waals surface area contributed by atoms with Crippen molar-refractivity contribution in [1.82, 2.24) is 14.9 Å². The first-order valence-corrected chi connectivity index (χ1v) is 6.55. The summed E-state index contributed by atoms with van der Waals surface area (Å²) in [5, 5.41) is 12.8. The Morgan fingerprint density at radius 2 is 1.89 bits per heavy atom. The fourth-order valence-electron chi connectivity index (χ4n) is 2.23. The lowest BCUT2D eigenvalue weighted by atomic mass is 9.93. The Morgan fingerprint density at radius 3 is 2.53 bits per heavy atom. The van der Waals surface area contributed by atoms with Crippen LogP contribution in [0.25, 0.3) is 0 Å². The van der Waals surface area contributed by atoms with Crippen molar-refractivity contribution in [2.75, 3.05) is 19.4 Å². The normalized spacial score (nSPS) is 22.9. The van der Waals surface area contributed by atoms with Gasteiger partial charge in [0.1, 0.15) is 0 Å². The number of aliphatic hydroxyl groups is 1. The molecule has 0 aliphatic heterocycles. The van der Waals surface area contributed by atoms with Crippen molar-refractivity contribution in [2.45, 2.75) is 37.8 Å². The van der Waals surface area contributed by atoms with Crippen molar-refractivity contribution in [2.24, 2.45) is 0 Å². The zero-order chi connectivity index (χ0) is 13.8. The van der Waals surface area contributed by atoms with Gasteiger partial charge in [0.15, 0.2) is 11.5 Å². The van der Waals surface area contributed by atoms with E-state index in [1.165, 1.54) is 11.1 Å². The number of anilines is 1. The van der Waals surface area contributed by atoms with E-state index < -0.39 is 0 Å². The second-order valence-corrected chi connectivity index (χ2v) is 5.10. The lowest BCUT2D eigenvalue weighted by Crippen LogP contribution is -2.31. The van der Waals surface area contributed by atoms with E-state index in [1.807, 2.05) is 0 Å². The minimum Gasteiger partial charge on any atom is -0.393 e. The average molecular weight is 264 g/mol. The summed E-state index contributed by atoms with van der Waals surface area (Å²) < 4.78 is 0. The first-order valence-electron chi connectivity index (χ1n) is 6.55. The van der Waals surface area contributed by atoms with Crippen molar-refractivity contribution in [1.29, 1.82) is 0 Å². The molecule has 0 saturated heterocycles. The maximum atomic E-state index is 12.0. The Kier molecular flexibility index (Phi) is 4.31. The molecule has 1 amide bonds. The molecule has 2 rings (SSSR count). The Balaban J connectivity index is 2.10. The van der Waals surface area contributed by atoms with Gasteiger partial charge in [-0.25, -0.2) is 9.97 Å². The number of hydrogen-bond acceptors (Lipinski definition) is 5. The van der Waals surface area contributed by atoms with Crippen molar-refractivity contribution >= 4 is 11.7 Å². The van der Waals surface area contributed by atoms with Gasteiger partial charge in [-0.3, -0.25) is 4.79 Å². The van der Waals surface area contributed by atoms with Crippen LogP contribution in [0.3, 0.4) is 0 Å². The summed E-state index contributed by atoms with van der Waals surface area (Å²) in [5.74, 6) is 0.369. The van der Waals surface area contributed by atoms with E-state index in [9.17, 15) is 9.90 Å². The zero-order valence-corrected chi connectivity index (χ0v) is 11.3. The summed E-state index contributed by atoms with van der Waals surface area (Å²) >= 11 is 0. The standard InChI is InChI=1S/C13H20N4O2/c1-17(2)13(19)11-12(15-8-7-14-11)16-9-3-5-10(18)6-4-9/h7-10,18H,3-6H2,1-2H3,(H,15,16)/t9-,10-. The molecule has 104 valence electrons. The SMILES string of the molecule is CN(C)C(=O)c1nccnc1N[C@H]1CC[C@H](O)CC1. The van der Waals surface area contributed by atoms with Gasteiger partial charge in [0.05, 0.1) is 6.10 Å². The molecule has 1 aromatic heterocycles. The number of nitrogens with one attached hydrogen (secondary N) is 1. The van der Waals surface area contributed by atoms with Gasteiger partial charge in [0.2, 0.25) is 0 Å². The molecule has 1 saturated carbocycles. The Bertz CT molecular complexity index is 442. The van der Waals surface area contributed by atoms with E-state index in [2.05, 4.69) is 15.3 Å². The van der Waals surface area contributed by atoms with Crippen LogP contribution < -0.4 is 5.32 Å². The number of aliphatic hydroxyl groups excluding tert-OH is 1. The third kappa shape index (κ3) is 3.41. The van der Waals surface area contributed by atoms with E-state index in [1.54, 1.807) is 20.3 Å². The maximum Gasteiger partial charge on any atom is 0.275 e. The lowest BCUT2D eigenvalue weighted by molar-refractivity contribution is 0.0822. The molecule has 1 aliphatic rings. The summed E-state index contributed by atoms with van der Waals surface area (Å²) in [6.45, 7) is 0. The van der Waals surface area contributed by atoms with E-state index in [4.69, 9.17) is 0 Å². The van der Waals surface area contributed by atoms with Gasteiger partial charge in [-0.1, -0.05) is 0 Å². The molecule has 6 nitrogen and oxygen atoms in total. The number of rotatable bonds is 3. The van der Waals surface area contributed by atoms with E-state index in [0.717, 1.165) is 25.7 Å². The Hall–Kier alpha value is -1.69. The molecule has 6 heteroatoms. The van der Waals surface area contributed by atoms with Crippen molar-refractivity contribution < 1.29 is 9.90 Å². The monoisotopic (exact) mass is 264 g/mol. The number of amides is 1. The van der Waals surface area contributed by atoms with Gasteiger partial charge in [0, 0.05) is 32.5 Å². The third-order valence-electron chi connectivity index (χ3n) is 3.34. The number of aromatic nitrogens is 2. The average Bonchev–Trinajstić information content (AvgIpc) is 2.41. The van der Waals surface area contributed by atoms with Crippen molar-refractivity contribution in [3.63, 3.8) is 0 Å². The number of hydrogen-bond donors (Lipinski definition) is 2. The van der Waals surface area contributed by atoms with Crippen LogP contribution >= 0.6 is 0 Å². The molecule has 0 bridgehead atoms. The molecule has 1 aliphatic carbocycles. The number of carbonyl (C=O) groups excluding carboxylic acids is 1. The molecular weight excluding hydrogens is 244 g/mol. The maximum absolute atomic E-state index is 12.0. The molecular formula is C13H20N4O2. The Morgan fingerprint density at radius 1 is 1.26 bits per heavy atom. The first kappa shape index (κ1) is 13.7. The predicted octanol–water partition coefficient (Wildman–Crippen LogP) is 0.894. The first-order chi connectivity index (χ1) is 9.08. The van der Waals surface area contributed by atoms with Gasteiger partial charge >= 0.3 is 0 Å². The van der Waals surface area contributed by atoms with Crippen LogP contribution in [0, 0.1) is 0 Å². The molecule has 19 heavy (non-hydrogen) atoms. The van der Waals surface area contributed by atoms with Crippen LogP contribution in [0.5, 0.6) is 0 Å². The highest BCUT2D eigenvalue weighted by molar-refractivity contribution is 5.96. The van der Waals surface area contributed by atoms with Crippen LogP contribution in [0.2, 0.25) is 0 Å². The molecule has 1 heterocycles. The molecule has 1 fully saturated rings.